The third-order valence-corrected chi connectivity index (χ3v) is 11.5. The number of urea groups is 2. The van der Waals surface area contributed by atoms with Gasteiger partial charge < -0.3 is 0 Å². The van der Waals surface area contributed by atoms with Crippen molar-refractivity contribution >= 4 is 20.3 Å². The average Bonchev–Trinajstić information content (AvgIpc) is 2.48. The number of amides is 4. The molecule has 0 saturated carbocycles. The van der Waals surface area contributed by atoms with Crippen LogP contribution in [0, 0.1) is 0 Å². The summed E-state index contributed by atoms with van der Waals surface area (Å²) in [6, 6.07) is -0.595. The van der Waals surface area contributed by atoms with Crippen molar-refractivity contribution in [1.29, 1.82) is 0 Å². The standard InChI is InChI=1S/C8H12N3O3.ClH.Hg/c1-11-5-6(14-2)3-4-10(11)7(12)9-8(11)13;;/h3,6H,4-5H2,1-2H3;1H;/q;;+1. The molecule has 4 amide bonds. The Labute approximate surface area is 109 Å². The van der Waals surface area contributed by atoms with E-state index in [4.69, 9.17) is 13.0 Å². The van der Waals surface area contributed by atoms with Crippen molar-refractivity contribution in [2.45, 2.75) is 9.53 Å². The van der Waals surface area contributed by atoms with Gasteiger partial charge in [-0.15, -0.1) is 0 Å². The number of fused-ring (bicyclic) bond motifs is 1. The number of ether oxygens (including phenoxy) is 1. The molecule has 0 bridgehead atoms. The number of halogens is 1. The van der Waals surface area contributed by atoms with Crippen LogP contribution in [0.2, 0.25) is 3.43 Å². The quantitative estimate of drug-likeness (QED) is 0.509. The molecule has 1 N–H and O–H groups in total. The SMILES string of the molecule is COC1C[N+]2(C)C(=O)NC(=O)N2C[CH]1[Hg][Cl]. The Balaban J connectivity index is 2.27. The van der Waals surface area contributed by atoms with Crippen LogP contribution in [-0.2, 0) is 28.1 Å². The summed E-state index contributed by atoms with van der Waals surface area (Å²) in [5.74, 6) is 0. The van der Waals surface area contributed by atoms with Crippen LogP contribution in [0.5, 0.6) is 0 Å². The summed E-state index contributed by atoms with van der Waals surface area (Å²) in [5.41, 5.74) is 0. The van der Waals surface area contributed by atoms with Crippen molar-refractivity contribution in [3.05, 3.63) is 0 Å². The molecule has 0 spiro atoms. The van der Waals surface area contributed by atoms with Crippen molar-refractivity contribution in [2.75, 3.05) is 27.2 Å². The Bertz CT molecular complexity index is 342. The average molecular weight is 435 g/mol. The zero-order chi connectivity index (χ0) is 11.9. The van der Waals surface area contributed by atoms with Crippen LogP contribution in [0.4, 0.5) is 9.59 Å². The summed E-state index contributed by atoms with van der Waals surface area (Å²) in [7, 11) is 9.43. The van der Waals surface area contributed by atoms with Gasteiger partial charge in [-0.25, -0.2) is 0 Å². The van der Waals surface area contributed by atoms with Crippen molar-refractivity contribution in [1.82, 2.24) is 10.3 Å². The van der Waals surface area contributed by atoms with Crippen LogP contribution in [-0.4, -0.2) is 55.0 Å². The molecule has 0 aromatic rings. The van der Waals surface area contributed by atoms with Gasteiger partial charge in [0, 0.05) is 0 Å². The van der Waals surface area contributed by atoms with Gasteiger partial charge in [0.15, 0.2) is 0 Å². The number of carbonyl (C=O) groups is 2. The molecule has 3 unspecified atom stereocenters. The summed E-state index contributed by atoms with van der Waals surface area (Å²) in [6.07, 6.45) is -0.00272. The van der Waals surface area contributed by atoms with Gasteiger partial charge in [0.05, 0.1) is 0 Å². The summed E-state index contributed by atoms with van der Waals surface area (Å²) < 4.78 is 5.65. The number of imide groups is 1. The molecule has 2 rings (SSSR count). The molecule has 0 radical (unpaired) electrons. The van der Waals surface area contributed by atoms with E-state index in [1.54, 1.807) is 19.2 Å². The summed E-state index contributed by atoms with van der Waals surface area (Å²) in [6.45, 7) is 1.03. The van der Waals surface area contributed by atoms with E-state index in [0.717, 1.165) is 0 Å². The Morgan fingerprint density at radius 1 is 1.62 bits per heavy atom. The normalized spacial score (nSPS) is 38.1. The Hall–Kier alpha value is 0.0851. The fourth-order valence-corrected chi connectivity index (χ4v) is 8.32. The van der Waals surface area contributed by atoms with Crippen LogP contribution < -0.4 is 5.32 Å². The number of methoxy groups -OCH3 is 1. The van der Waals surface area contributed by atoms with Crippen LogP contribution in [0.25, 0.3) is 0 Å². The van der Waals surface area contributed by atoms with Gasteiger partial charge in [-0.2, -0.15) is 0 Å². The molecular formula is C8H13ClHgN3O3+. The number of likely N-dealkylation sites (N-methyl/N-ethyl adjacent to an activating group) is 1. The monoisotopic (exact) mass is 436 g/mol. The van der Waals surface area contributed by atoms with Gasteiger partial charge >= 0.3 is 110 Å². The van der Waals surface area contributed by atoms with E-state index in [1.807, 2.05) is 0 Å². The molecule has 2 saturated heterocycles. The fourth-order valence-electron chi connectivity index (χ4n) is 2.29. The zero-order valence-corrected chi connectivity index (χ0v) is 15.5. The number of quaternary nitrogens is 1. The number of nitrogens with zero attached hydrogens (tertiary/aromatic N) is 2. The zero-order valence-electron chi connectivity index (χ0n) is 9.27. The number of rotatable bonds is 2. The first kappa shape index (κ1) is 12.5. The second-order valence-electron chi connectivity index (χ2n) is 4.33. The van der Waals surface area contributed by atoms with E-state index in [9.17, 15) is 9.59 Å². The molecule has 2 aliphatic heterocycles. The number of hydrogen-bond donors (Lipinski definition) is 1. The molecular weight excluding hydrogens is 422 g/mol. The van der Waals surface area contributed by atoms with Gasteiger partial charge in [-0.05, 0) is 0 Å². The van der Waals surface area contributed by atoms with E-state index >= 15 is 0 Å². The molecule has 0 aromatic heterocycles. The van der Waals surface area contributed by atoms with Crippen LogP contribution in [0.3, 0.4) is 0 Å². The van der Waals surface area contributed by atoms with Crippen molar-refractivity contribution in [3.63, 3.8) is 0 Å². The topological polar surface area (TPSA) is 58.6 Å². The molecule has 0 aliphatic carbocycles. The molecule has 2 aliphatic rings. The van der Waals surface area contributed by atoms with Gasteiger partial charge in [0.1, 0.15) is 0 Å². The van der Waals surface area contributed by atoms with Crippen LogP contribution in [0.15, 0.2) is 0 Å². The van der Waals surface area contributed by atoms with Crippen molar-refractivity contribution in [3.8, 4) is 0 Å². The van der Waals surface area contributed by atoms with E-state index < -0.39 is 23.3 Å². The fraction of sp³-hybridized carbons (Fsp3) is 0.750. The van der Waals surface area contributed by atoms with Gasteiger partial charge in [-0.3, -0.25) is 0 Å². The maximum atomic E-state index is 11.7. The Morgan fingerprint density at radius 2 is 2.31 bits per heavy atom. The first-order valence-electron chi connectivity index (χ1n) is 5.10. The minimum atomic E-state index is -1.51. The van der Waals surface area contributed by atoms with E-state index in [-0.39, 0.29) is 26.2 Å². The third-order valence-electron chi connectivity index (χ3n) is 3.39. The summed E-state index contributed by atoms with van der Waals surface area (Å²) >= 11 is -1.51. The minimum absolute atomic E-state index is 0.00272. The van der Waals surface area contributed by atoms with Gasteiger partial charge in [-0.1, -0.05) is 0 Å². The third kappa shape index (κ3) is 1.75. The van der Waals surface area contributed by atoms with Crippen molar-refractivity contribution < 1.29 is 42.3 Å². The summed E-state index contributed by atoms with van der Waals surface area (Å²) in [4.78, 5) is 23.3. The molecule has 6 nitrogen and oxygen atoms in total. The van der Waals surface area contributed by atoms with E-state index in [1.165, 1.54) is 0 Å². The molecule has 86 valence electrons. The summed E-state index contributed by atoms with van der Waals surface area (Å²) in [5, 5.41) is 3.90. The second kappa shape index (κ2) is 4.40. The molecule has 0 aromatic carbocycles. The molecule has 16 heavy (non-hydrogen) atoms. The predicted octanol–water partition coefficient (Wildman–Crippen LogP) is 0.547. The Morgan fingerprint density at radius 3 is 2.88 bits per heavy atom. The molecule has 8 heteroatoms. The van der Waals surface area contributed by atoms with E-state index in [2.05, 4.69) is 5.32 Å². The van der Waals surface area contributed by atoms with Gasteiger partial charge in [0.2, 0.25) is 0 Å². The first-order valence-corrected chi connectivity index (χ1v) is 15.0. The second-order valence-corrected chi connectivity index (χ2v) is 12.3. The first-order chi connectivity index (χ1) is 7.52. The molecule has 3 atom stereocenters. The van der Waals surface area contributed by atoms with E-state index in [0.29, 0.717) is 13.1 Å². The number of nitrogens with one attached hydrogen (secondary N) is 1. The van der Waals surface area contributed by atoms with Crippen LogP contribution >= 0.6 is 8.25 Å². The predicted molar refractivity (Wildman–Crippen MR) is 52.1 cm³/mol. The maximum absolute atomic E-state index is 11.7. The molecule has 2 fully saturated rings. The number of hydrogen-bond acceptors (Lipinski definition) is 3. The number of carbonyl (C=O) groups excluding carboxylic acids is 2. The van der Waals surface area contributed by atoms with Crippen LogP contribution in [0.1, 0.15) is 0 Å². The van der Waals surface area contributed by atoms with Crippen molar-refractivity contribution in [2.24, 2.45) is 0 Å². The van der Waals surface area contributed by atoms with Gasteiger partial charge in [0.25, 0.3) is 0 Å². The Kier molecular flexibility index (Phi) is 3.45. The molecule has 2 heterocycles.